The third-order valence-corrected chi connectivity index (χ3v) is 4.39. The molecule has 1 N–H and O–H groups in total. The van der Waals surface area contributed by atoms with Crippen molar-refractivity contribution in [3.8, 4) is 0 Å². The van der Waals surface area contributed by atoms with Gasteiger partial charge in [-0.05, 0) is 47.7 Å². The monoisotopic (exact) mass is 342 g/mol. The molecule has 0 atom stereocenters. The first-order valence-electron chi connectivity index (χ1n) is 7.30. The minimum atomic E-state index is -0.476. The number of thioether (sulfide) groups is 1. The predicted molar refractivity (Wildman–Crippen MR) is 91.7 cm³/mol. The molecule has 2 aromatic rings. The molecule has 1 aliphatic rings. The van der Waals surface area contributed by atoms with Gasteiger partial charge in [0, 0.05) is 4.90 Å². The number of amides is 3. The van der Waals surface area contributed by atoms with Crippen LogP contribution in [0.25, 0.3) is 6.08 Å². The third kappa shape index (κ3) is 3.49. The van der Waals surface area contributed by atoms with E-state index in [2.05, 4.69) is 5.32 Å². The third-order valence-electron chi connectivity index (χ3n) is 3.64. The van der Waals surface area contributed by atoms with E-state index in [1.165, 1.54) is 12.1 Å². The summed E-state index contributed by atoms with van der Waals surface area (Å²) in [6.07, 6.45) is 3.64. The van der Waals surface area contributed by atoms with Crippen molar-refractivity contribution in [2.75, 3.05) is 6.26 Å². The van der Waals surface area contributed by atoms with Crippen LogP contribution in [0.3, 0.4) is 0 Å². The molecule has 24 heavy (non-hydrogen) atoms. The van der Waals surface area contributed by atoms with E-state index in [4.69, 9.17) is 0 Å². The van der Waals surface area contributed by atoms with Crippen molar-refractivity contribution >= 4 is 29.8 Å². The molecule has 0 aromatic heterocycles. The van der Waals surface area contributed by atoms with Crippen LogP contribution in [0.4, 0.5) is 9.18 Å². The molecule has 0 spiro atoms. The number of nitrogens with zero attached hydrogens (tertiary/aromatic N) is 1. The van der Waals surface area contributed by atoms with Crippen LogP contribution in [0.1, 0.15) is 11.1 Å². The second kappa shape index (κ2) is 6.88. The lowest BCUT2D eigenvalue weighted by molar-refractivity contribution is -0.123. The quantitative estimate of drug-likeness (QED) is 0.524. The van der Waals surface area contributed by atoms with E-state index in [-0.39, 0.29) is 18.1 Å². The van der Waals surface area contributed by atoms with E-state index >= 15 is 0 Å². The van der Waals surface area contributed by atoms with Crippen LogP contribution >= 0.6 is 11.8 Å². The van der Waals surface area contributed by atoms with Crippen molar-refractivity contribution in [1.29, 1.82) is 0 Å². The highest BCUT2D eigenvalue weighted by atomic mass is 32.2. The molecule has 0 radical (unpaired) electrons. The van der Waals surface area contributed by atoms with Gasteiger partial charge in [0.05, 0.1) is 6.54 Å². The molecular weight excluding hydrogens is 327 g/mol. The Morgan fingerprint density at radius 1 is 1.08 bits per heavy atom. The number of benzene rings is 2. The highest BCUT2D eigenvalue weighted by Crippen LogP contribution is 2.19. The summed E-state index contributed by atoms with van der Waals surface area (Å²) in [5, 5.41) is 2.58. The molecule has 0 bridgehead atoms. The molecule has 1 heterocycles. The maximum atomic E-state index is 12.9. The number of hydrogen-bond acceptors (Lipinski definition) is 3. The molecule has 6 heteroatoms. The van der Waals surface area contributed by atoms with E-state index in [9.17, 15) is 14.0 Å². The van der Waals surface area contributed by atoms with Crippen LogP contribution in [0, 0.1) is 5.82 Å². The van der Waals surface area contributed by atoms with Gasteiger partial charge in [-0.1, -0.05) is 24.3 Å². The van der Waals surface area contributed by atoms with Crippen molar-refractivity contribution in [2.45, 2.75) is 11.4 Å². The first kappa shape index (κ1) is 16.3. The van der Waals surface area contributed by atoms with Gasteiger partial charge < -0.3 is 5.32 Å². The van der Waals surface area contributed by atoms with Crippen LogP contribution in [0.5, 0.6) is 0 Å². The van der Waals surface area contributed by atoms with E-state index in [0.29, 0.717) is 5.56 Å². The summed E-state index contributed by atoms with van der Waals surface area (Å²) in [6, 6.07) is 12.9. The summed E-state index contributed by atoms with van der Waals surface area (Å²) < 4.78 is 12.9. The first-order valence-corrected chi connectivity index (χ1v) is 8.52. The number of rotatable bonds is 4. The molecule has 0 aliphatic carbocycles. The Bertz CT molecular complexity index is 801. The van der Waals surface area contributed by atoms with Gasteiger partial charge >= 0.3 is 6.03 Å². The molecule has 2 aromatic carbocycles. The predicted octanol–water partition coefficient (Wildman–Crippen LogP) is 3.64. The Balaban J connectivity index is 1.77. The summed E-state index contributed by atoms with van der Waals surface area (Å²) in [4.78, 5) is 26.7. The van der Waals surface area contributed by atoms with Crippen LogP contribution in [-0.2, 0) is 11.3 Å². The fourth-order valence-corrected chi connectivity index (χ4v) is 2.76. The minimum absolute atomic E-state index is 0.105. The Labute approximate surface area is 143 Å². The molecule has 0 unspecified atom stereocenters. The normalized spacial score (nSPS) is 15.9. The second-order valence-electron chi connectivity index (χ2n) is 5.28. The van der Waals surface area contributed by atoms with Gasteiger partial charge in [-0.25, -0.2) is 9.18 Å². The zero-order valence-corrected chi connectivity index (χ0v) is 13.8. The smallest absolute Gasteiger partial charge is 0.303 e. The maximum absolute atomic E-state index is 12.9. The van der Waals surface area contributed by atoms with Crippen molar-refractivity contribution in [1.82, 2.24) is 10.2 Å². The molecule has 3 rings (SSSR count). The number of imide groups is 1. The van der Waals surface area contributed by atoms with Crippen LogP contribution in [0.15, 0.2) is 59.1 Å². The fourth-order valence-electron chi connectivity index (χ4n) is 2.35. The molecule has 1 fully saturated rings. The molecule has 122 valence electrons. The standard InChI is InChI=1S/C18H15FN2O2S/c1-24-15-8-4-12(5-9-15)10-16-17(22)21(18(23)20-16)11-13-2-6-14(19)7-3-13/h2-10H,11H2,1H3,(H,20,23)/b16-10+. The van der Waals surface area contributed by atoms with E-state index in [1.54, 1.807) is 30.0 Å². The summed E-state index contributed by atoms with van der Waals surface area (Å²) in [6.45, 7) is 0.105. The topological polar surface area (TPSA) is 49.4 Å². The van der Waals surface area contributed by atoms with Gasteiger partial charge in [0.1, 0.15) is 11.5 Å². The van der Waals surface area contributed by atoms with Gasteiger partial charge in [-0.15, -0.1) is 11.8 Å². The Hall–Kier alpha value is -2.60. The molecule has 1 aliphatic heterocycles. The largest absolute Gasteiger partial charge is 0.329 e. The summed E-state index contributed by atoms with van der Waals surface area (Å²) in [7, 11) is 0. The highest BCUT2D eigenvalue weighted by molar-refractivity contribution is 7.98. The van der Waals surface area contributed by atoms with Gasteiger partial charge in [-0.3, -0.25) is 9.69 Å². The number of nitrogens with one attached hydrogen (secondary N) is 1. The lowest BCUT2D eigenvalue weighted by Crippen LogP contribution is -2.30. The molecular formula is C18H15FN2O2S. The number of urea groups is 1. The number of hydrogen-bond donors (Lipinski definition) is 1. The van der Waals surface area contributed by atoms with Crippen LogP contribution in [-0.4, -0.2) is 23.1 Å². The van der Waals surface area contributed by atoms with Crippen molar-refractivity contribution in [2.24, 2.45) is 0 Å². The van der Waals surface area contributed by atoms with E-state index < -0.39 is 11.9 Å². The first-order chi connectivity index (χ1) is 11.6. The van der Waals surface area contributed by atoms with Crippen molar-refractivity contribution < 1.29 is 14.0 Å². The lowest BCUT2D eigenvalue weighted by Gasteiger charge is -2.11. The Kier molecular flexibility index (Phi) is 4.66. The van der Waals surface area contributed by atoms with Crippen LogP contribution in [0.2, 0.25) is 0 Å². The number of carbonyl (C=O) groups is 2. The second-order valence-corrected chi connectivity index (χ2v) is 6.16. The van der Waals surface area contributed by atoms with Gasteiger partial charge in [0.25, 0.3) is 5.91 Å². The number of halogens is 1. The van der Waals surface area contributed by atoms with E-state index in [1.807, 2.05) is 30.5 Å². The summed E-state index contributed by atoms with van der Waals surface area (Å²) >= 11 is 1.63. The molecule has 4 nitrogen and oxygen atoms in total. The van der Waals surface area contributed by atoms with Gasteiger partial charge in [-0.2, -0.15) is 0 Å². The van der Waals surface area contributed by atoms with Gasteiger partial charge in [0.15, 0.2) is 0 Å². The maximum Gasteiger partial charge on any atom is 0.329 e. The van der Waals surface area contributed by atoms with Crippen molar-refractivity contribution in [3.63, 3.8) is 0 Å². The molecule has 3 amide bonds. The number of carbonyl (C=O) groups excluding carboxylic acids is 2. The summed E-state index contributed by atoms with van der Waals surface area (Å²) in [5.41, 5.74) is 1.75. The van der Waals surface area contributed by atoms with Crippen LogP contribution < -0.4 is 5.32 Å². The molecule has 0 saturated carbocycles. The fraction of sp³-hybridized carbons (Fsp3) is 0.111. The Morgan fingerprint density at radius 3 is 2.38 bits per heavy atom. The highest BCUT2D eigenvalue weighted by Gasteiger charge is 2.33. The SMILES string of the molecule is CSc1ccc(/C=C2/NC(=O)N(Cc3ccc(F)cc3)C2=O)cc1. The zero-order chi connectivity index (χ0) is 17.1. The summed E-state index contributed by atoms with van der Waals surface area (Å²) in [5.74, 6) is -0.747. The zero-order valence-electron chi connectivity index (χ0n) is 13.0. The lowest BCUT2D eigenvalue weighted by atomic mass is 10.2. The van der Waals surface area contributed by atoms with E-state index in [0.717, 1.165) is 15.4 Å². The average molecular weight is 342 g/mol. The average Bonchev–Trinajstić information content (AvgIpc) is 2.85. The van der Waals surface area contributed by atoms with Crippen molar-refractivity contribution in [3.05, 3.63) is 71.2 Å². The van der Waals surface area contributed by atoms with Gasteiger partial charge in [0.2, 0.25) is 0 Å². The molecule has 1 saturated heterocycles. The Morgan fingerprint density at radius 2 is 1.75 bits per heavy atom. The minimum Gasteiger partial charge on any atom is -0.303 e.